The van der Waals surface area contributed by atoms with Crippen LogP contribution >= 0.6 is 11.6 Å². The van der Waals surface area contributed by atoms with E-state index in [4.69, 9.17) is 16.3 Å². The van der Waals surface area contributed by atoms with E-state index in [-0.39, 0.29) is 17.6 Å². The monoisotopic (exact) mass is 206 g/mol. The summed E-state index contributed by atoms with van der Waals surface area (Å²) < 4.78 is 17.7. The van der Waals surface area contributed by atoms with E-state index >= 15 is 0 Å². The first-order chi connectivity index (χ1) is 6.15. The molecule has 0 aliphatic heterocycles. The highest BCUT2D eigenvalue weighted by Gasteiger charge is 2.15. The van der Waals surface area contributed by atoms with Gasteiger partial charge in [-0.25, -0.2) is 14.4 Å². The first-order valence-electron chi connectivity index (χ1n) is 3.62. The van der Waals surface area contributed by atoms with Crippen LogP contribution in [0, 0.1) is 5.82 Å². The maximum atomic E-state index is 12.9. The van der Waals surface area contributed by atoms with Gasteiger partial charge in [-0.2, -0.15) is 0 Å². The quantitative estimate of drug-likeness (QED) is 0.598. The van der Waals surface area contributed by atoms with Crippen molar-refractivity contribution in [1.82, 2.24) is 9.97 Å². The van der Waals surface area contributed by atoms with Crippen molar-refractivity contribution in [2.24, 2.45) is 0 Å². The standard InChI is InChI=1S/C7H8ClFN2O2/c1-2-13-6(12)5-4(9)3-10-7(8)11-5/h3,6,12H,2H2,1H3. The third-order valence-electron chi connectivity index (χ3n) is 1.30. The summed E-state index contributed by atoms with van der Waals surface area (Å²) in [7, 11) is 0. The molecule has 1 heterocycles. The SMILES string of the molecule is CCOC(O)c1nc(Cl)ncc1F. The smallest absolute Gasteiger partial charge is 0.222 e. The minimum atomic E-state index is -1.40. The van der Waals surface area contributed by atoms with E-state index < -0.39 is 12.1 Å². The van der Waals surface area contributed by atoms with Crippen molar-refractivity contribution >= 4 is 11.6 Å². The number of ether oxygens (including phenoxy) is 1. The number of aliphatic hydroxyl groups excluding tert-OH is 1. The van der Waals surface area contributed by atoms with Gasteiger partial charge >= 0.3 is 0 Å². The van der Waals surface area contributed by atoms with Gasteiger partial charge in [0.1, 0.15) is 5.69 Å². The van der Waals surface area contributed by atoms with Crippen LogP contribution in [0.5, 0.6) is 0 Å². The lowest BCUT2D eigenvalue weighted by Crippen LogP contribution is -2.08. The number of hydrogen-bond acceptors (Lipinski definition) is 4. The van der Waals surface area contributed by atoms with E-state index in [1.807, 2.05) is 0 Å². The van der Waals surface area contributed by atoms with Crippen LogP contribution in [0.15, 0.2) is 6.20 Å². The van der Waals surface area contributed by atoms with Crippen molar-refractivity contribution < 1.29 is 14.2 Å². The van der Waals surface area contributed by atoms with E-state index in [1.54, 1.807) is 6.92 Å². The Bertz CT molecular complexity index is 298. The maximum absolute atomic E-state index is 12.9. The van der Waals surface area contributed by atoms with Crippen molar-refractivity contribution in [3.63, 3.8) is 0 Å². The van der Waals surface area contributed by atoms with Crippen LogP contribution in [0.4, 0.5) is 4.39 Å². The Morgan fingerprint density at radius 3 is 3.08 bits per heavy atom. The Labute approximate surface area is 79.3 Å². The fraction of sp³-hybridized carbons (Fsp3) is 0.429. The Morgan fingerprint density at radius 1 is 1.77 bits per heavy atom. The molecule has 0 radical (unpaired) electrons. The van der Waals surface area contributed by atoms with Crippen molar-refractivity contribution in [2.75, 3.05) is 6.61 Å². The fourth-order valence-electron chi connectivity index (χ4n) is 0.768. The van der Waals surface area contributed by atoms with Gasteiger partial charge in [-0.3, -0.25) is 0 Å². The average Bonchev–Trinajstić information content (AvgIpc) is 2.09. The number of nitrogens with zero attached hydrogens (tertiary/aromatic N) is 2. The molecule has 6 heteroatoms. The molecule has 1 unspecified atom stereocenters. The highest BCUT2D eigenvalue weighted by Crippen LogP contribution is 2.16. The predicted molar refractivity (Wildman–Crippen MR) is 43.6 cm³/mol. The molecule has 0 spiro atoms. The van der Waals surface area contributed by atoms with Gasteiger partial charge in [0.05, 0.1) is 6.20 Å². The van der Waals surface area contributed by atoms with E-state index in [0.717, 1.165) is 6.20 Å². The molecule has 0 aromatic carbocycles. The zero-order valence-corrected chi connectivity index (χ0v) is 7.62. The van der Waals surface area contributed by atoms with Crippen LogP contribution in [0.3, 0.4) is 0 Å². The van der Waals surface area contributed by atoms with Gasteiger partial charge in [0, 0.05) is 6.61 Å². The number of hydrogen-bond donors (Lipinski definition) is 1. The summed E-state index contributed by atoms with van der Waals surface area (Å²) in [5, 5.41) is 9.09. The van der Waals surface area contributed by atoms with Gasteiger partial charge < -0.3 is 9.84 Å². The molecule has 13 heavy (non-hydrogen) atoms. The van der Waals surface area contributed by atoms with Gasteiger partial charge in [0.15, 0.2) is 5.82 Å². The Kier molecular flexibility index (Phi) is 3.53. The summed E-state index contributed by atoms with van der Waals surface area (Å²) in [5.41, 5.74) is -0.248. The predicted octanol–water partition coefficient (Wildman–Crippen LogP) is 1.30. The lowest BCUT2D eigenvalue weighted by atomic mass is 10.4. The molecule has 0 bridgehead atoms. The number of halogens is 2. The maximum Gasteiger partial charge on any atom is 0.222 e. The fourth-order valence-corrected chi connectivity index (χ4v) is 0.908. The lowest BCUT2D eigenvalue weighted by Gasteiger charge is -2.09. The van der Waals surface area contributed by atoms with Gasteiger partial charge in [-0.05, 0) is 18.5 Å². The molecule has 1 aromatic heterocycles. The van der Waals surface area contributed by atoms with Crippen LogP contribution in [0.25, 0.3) is 0 Å². The highest BCUT2D eigenvalue weighted by molar-refractivity contribution is 6.28. The van der Waals surface area contributed by atoms with Crippen molar-refractivity contribution in [2.45, 2.75) is 13.2 Å². The lowest BCUT2D eigenvalue weighted by molar-refractivity contribution is -0.103. The molecule has 1 rings (SSSR count). The summed E-state index contributed by atoms with van der Waals surface area (Å²) in [6, 6.07) is 0. The second-order valence-corrected chi connectivity index (χ2v) is 2.52. The number of rotatable bonds is 3. The summed E-state index contributed by atoms with van der Waals surface area (Å²) in [6.07, 6.45) is -0.516. The zero-order chi connectivity index (χ0) is 9.84. The minimum Gasteiger partial charge on any atom is -0.363 e. The van der Waals surface area contributed by atoms with E-state index in [9.17, 15) is 9.50 Å². The minimum absolute atomic E-state index is 0.129. The summed E-state index contributed by atoms with van der Waals surface area (Å²) >= 11 is 5.41. The largest absolute Gasteiger partial charge is 0.363 e. The molecule has 0 aliphatic carbocycles. The molecule has 0 aliphatic rings. The van der Waals surface area contributed by atoms with Gasteiger partial charge in [-0.15, -0.1) is 0 Å². The van der Waals surface area contributed by atoms with Crippen LogP contribution < -0.4 is 0 Å². The van der Waals surface area contributed by atoms with Gasteiger partial charge in [-0.1, -0.05) is 0 Å². The molecule has 0 saturated carbocycles. The Morgan fingerprint density at radius 2 is 2.46 bits per heavy atom. The third kappa shape index (κ3) is 2.58. The first kappa shape index (κ1) is 10.3. The molecule has 1 atom stereocenters. The Balaban J connectivity index is 2.91. The number of aromatic nitrogens is 2. The van der Waals surface area contributed by atoms with Crippen LogP contribution in [0.1, 0.15) is 18.9 Å². The average molecular weight is 207 g/mol. The molecule has 4 nitrogen and oxygen atoms in total. The second kappa shape index (κ2) is 4.45. The third-order valence-corrected chi connectivity index (χ3v) is 1.48. The summed E-state index contributed by atoms with van der Waals surface area (Å²) in [5.74, 6) is -0.745. The number of aliphatic hydroxyl groups is 1. The normalized spacial score (nSPS) is 12.9. The molecule has 1 aromatic rings. The molecule has 72 valence electrons. The molecular formula is C7H8ClFN2O2. The molecular weight excluding hydrogens is 199 g/mol. The zero-order valence-electron chi connectivity index (χ0n) is 6.87. The molecule has 1 N–H and O–H groups in total. The van der Waals surface area contributed by atoms with E-state index in [2.05, 4.69) is 9.97 Å². The topological polar surface area (TPSA) is 55.2 Å². The summed E-state index contributed by atoms with van der Waals surface area (Å²) in [4.78, 5) is 6.89. The van der Waals surface area contributed by atoms with Crippen LogP contribution in [-0.2, 0) is 4.74 Å². The van der Waals surface area contributed by atoms with E-state index in [0.29, 0.717) is 0 Å². The van der Waals surface area contributed by atoms with Crippen molar-refractivity contribution in [3.05, 3.63) is 23.0 Å². The molecule has 0 amide bonds. The van der Waals surface area contributed by atoms with Crippen LogP contribution in [-0.4, -0.2) is 21.7 Å². The van der Waals surface area contributed by atoms with Crippen molar-refractivity contribution in [3.8, 4) is 0 Å². The molecule has 0 fully saturated rings. The summed E-state index contributed by atoms with van der Waals surface area (Å²) in [6.45, 7) is 1.92. The van der Waals surface area contributed by atoms with Gasteiger partial charge in [0.25, 0.3) is 0 Å². The highest BCUT2D eigenvalue weighted by atomic mass is 35.5. The first-order valence-corrected chi connectivity index (χ1v) is 4.00. The van der Waals surface area contributed by atoms with Gasteiger partial charge in [0.2, 0.25) is 11.6 Å². The van der Waals surface area contributed by atoms with Crippen LogP contribution in [0.2, 0.25) is 5.28 Å². The molecule has 0 saturated heterocycles. The Hall–Kier alpha value is -0.780. The van der Waals surface area contributed by atoms with Crippen molar-refractivity contribution in [1.29, 1.82) is 0 Å². The second-order valence-electron chi connectivity index (χ2n) is 2.18. The van der Waals surface area contributed by atoms with E-state index in [1.165, 1.54) is 0 Å².